The number of ether oxygens (including phenoxy) is 1. The molecule has 0 N–H and O–H groups in total. The molecule has 2 rings (SSSR count). The van der Waals surface area contributed by atoms with Gasteiger partial charge in [-0.3, -0.25) is 9.59 Å². The zero-order valence-electron chi connectivity index (χ0n) is 21.3. The van der Waals surface area contributed by atoms with E-state index in [1.807, 2.05) is 27.7 Å². The highest BCUT2D eigenvalue weighted by Gasteiger charge is 2.35. The largest absolute Gasteiger partial charge is 0.465 e. The van der Waals surface area contributed by atoms with E-state index < -0.39 is 12.0 Å². The quantitative estimate of drug-likeness (QED) is 0.432. The van der Waals surface area contributed by atoms with Crippen LogP contribution in [0.3, 0.4) is 0 Å². The minimum absolute atomic E-state index is 0.0285. The summed E-state index contributed by atoms with van der Waals surface area (Å²) in [5.41, 5.74) is 0.294. The van der Waals surface area contributed by atoms with Crippen LogP contribution in [-0.2, 0) is 14.3 Å². The summed E-state index contributed by atoms with van der Waals surface area (Å²) in [6.45, 7) is 10.1. The van der Waals surface area contributed by atoms with Crippen LogP contribution in [0, 0.1) is 29.1 Å². The standard InChI is InChI=1S/C26H38N2O4S/c1-17-9-11-19(12-10-17)24(30)28(18(2)15-22(29)27(6)7)21-16-20(13-14-26(3,4)5)33-23(21)25(31)32-8/h16-19H,9-12,15H2,1-8H3/t17-,18-,19-/m0/s1. The fourth-order valence-corrected chi connectivity index (χ4v) is 4.83. The van der Waals surface area contributed by atoms with Crippen LogP contribution in [0.15, 0.2) is 6.07 Å². The Balaban J connectivity index is 2.54. The number of amides is 2. The number of carbonyl (C=O) groups is 3. The number of carbonyl (C=O) groups excluding carboxylic acids is 3. The van der Waals surface area contributed by atoms with Gasteiger partial charge in [0.05, 0.1) is 17.7 Å². The monoisotopic (exact) mass is 474 g/mol. The molecule has 1 aromatic heterocycles. The number of hydrogen-bond acceptors (Lipinski definition) is 5. The second-order valence-electron chi connectivity index (χ2n) is 10.3. The van der Waals surface area contributed by atoms with Gasteiger partial charge in [-0.15, -0.1) is 11.3 Å². The van der Waals surface area contributed by atoms with E-state index in [2.05, 4.69) is 18.8 Å². The smallest absolute Gasteiger partial charge is 0.350 e. The predicted molar refractivity (Wildman–Crippen MR) is 133 cm³/mol. The first-order valence-corrected chi connectivity index (χ1v) is 12.4. The summed E-state index contributed by atoms with van der Waals surface area (Å²) in [4.78, 5) is 43.2. The van der Waals surface area contributed by atoms with Gasteiger partial charge in [0.2, 0.25) is 11.8 Å². The lowest BCUT2D eigenvalue weighted by Crippen LogP contribution is -2.45. The van der Waals surface area contributed by atoms with Crippen molar-refractivity contribution in [3.05, 3.63) is 15.8 Å². The van der Waals surface area contributed by atoms with Crippen molar-refractivity contribution in [2.75, 3.05) is 26.1 Å². The summed E-state index contributed by atoms with van der Waals surface area (Å²) in [6.07, 6.45) is 3.82. The topological polar surface area (TPSA) is 66.9 Å². The van der Waals surface area contributed by atoms with E-state index in [4.69, 9.17) is 4.74 Å². The number of nitrogens with zero attached hydrogens (tertiary/aromatic N) is 2. The zero-order chi connectivity index (χ0) is 24.9. The van der Waals surface area contributed by atoms with Crippen LogP contribution >= 0.6 is 11.3 Å². The van der Waals surface area contributed by atoms with Gasteiger partial charge in [0.1, 0.15) is 4.88 Å². The molecule has 0 spiro atoms. The van der Waals surface area contributed by atoms with Crippen LogP contribution in [0.1, 0.15) is 81.3 Å². The molecular formula is C26H38N2O4S. The molecule has 2 amide bonds. The Hall–Kier alpha value is -2.33. The number of anilines is 1. The van der Waals surface area contributed by atoms with Crippen molar-refractivity contribution >= 4 is 34.8 Å². The molecule has 33 heavy (non-hydrogen) atoms. The maximum atomic E-state index is 13.8. The van der Waals surface area contributed by atoms with E-state index in [0.717, 1.165) is 25.7 Å². The summed E-state index contributed by atoms with van der Waals surface area (Å²) in [5.74, 6) is 6.24. The van der Waals surface area contributed by atoms with Crippen molar-refractivity contribution in [1.82, 2.24) is 4.90 Å². The molecular weight excluding hydrogens is 436 g/mol. The zero-order valence-corrected chi connectivity index (χ0v) is 22.1. The molecule has 182 valence electrons. The highest BCUT2D eigenvalue weighted by Crippen LogP contribution is 2.37. The van der Waals surface area contributed by atoms with E-state index in [0.29, 0.717) is 21.4 Å². The van der Waals surface area contributed by atoms with Crippen molar-refractivity contribution < 1.29 is 19.1 Å². The Morgan fingerprint density at radius 3 is 2.30 bits per heavy atom. The van der Waals surface area contributed by atoms with E-state index >= 15 is 0 Å². The van der Waals surface area contributed by atoms with Crippen LogP contribution in [0.2, 0.25) is 0 Å². The summed E-state index contributed by atoms with van der Waals surface area (Å²) < 4.78 is 5.03. The normalized spacial score (nSPS) is 19.2. The molecule has 1 aliphatic carbocycles. The van der Waals surface area contributed by atoms with Crippen molar-refractivity contribution in [1.29, 1.82) is 0 Å². The Kier molecular flexibility index (Phi) is 9.13. The van der Waals surface area contributed by atoms with Crippen molar-refractivity contribution in [2.24, 2.45) is 17.3 Å². The van der Waals surface area contributed by atoms with Gasteiger partial charge in [-0.05, 0) is 65.4 Å². The number of hydrogen-bond donors (Lipinski definition) is 0. The van der Waals surface area contributed by atoms with E-state index in [9.17, 15) is 14.4 Å². The SMILES string of the molecule is COC(=O)c1sc(C#CC(C)(C)C)cc1N(C(=O)[C@H]1CC[C@H](C)CC1)[C@@H](C)CC(=O)N(C)C. The lowest BCUT2D eigenvalue weighted by molar-refractivity contribution is -0.129. The first-order valence-electron chi connectivity index (χ1n) is 11.6. The van der Waals surface area contributed by atoms with E-state index in [1.165, 1.54) is 23.3 Å². The van der Waals surface area contributed by atoms with Crippen LogP contribution in [-0.4, -0.2) is 49.9 Å². The maximum Gasteiger partial charge on any atom is 0.350 e. The van der Waals surface area contributed by atoms with Gasteiger partial charge in [-0.25, -0.2) is 4.79 Å². The first-order chi connectivity index (χ1) is 15.3. The third kappa shape index (κ3) is 7.33. The molecule has 7 heteroatoms. The fourth-order valence-electron chi connectivity index (χ4n) is 3.91. The second kappa shape index (κ2) is 11.2. The highest BCUT2D eigenvalue weighted by molar-refractivity contribution is 7.15. The van der Waals surface area contributed by atoms with Gasteiger partial charge in [-0.2, -0.15) is 0 Å². The third-order valence-corrected chi connectivity index (χ3v) is 6.94. The van der Waals surface area contributed by atoms with Crippen molar-refractivity contribution in [3.8, 4) is 11.8 Å². The molecule has 0 saturated heterocycles. The van der Waals surface area contributed by atoms with Crippen LogP contribution < -0.4 is 4.90 Å². The first kappa shape index (κ1) is 26.9. The van der Waals surface area contributed by atoms with Gasteiger partial charge in [0, 0.05) is 37.9 Å². The predicted octanol–water partition coefficient (Wildman–Crippen LogP) is 4.96. The molecule has 0 radical (unpaired) electrons. The lowest BCUT2D eigenvalue weighted by atomic mass is 9.82. The Morgan fingerprint density at radius 2 is 1.79 bits per heavy atom. The van der Waals surface area contributed by atoms with Gasteiger partial charge in [0.25, 0.3) is 0 Å². The molecule has 1 fully saturated rings. The summed E-state index contributed by atoms with van der Waals surface area (Å²) in [7, 11) is 4.74. The molecule has 6 nitrogen and oxygen atoms in total. The third-order valence-electron chi connectivity index (χ3n) is 5.92. The molecule has 0 bridgehead atoms. The lowest BCUT2D eigenvalue weighted by Gasteiger charge is -2.35. The number of thiophene rings is 1. The molecule has 1 saturated carbocycles. The van der Waals surface area contributed by atoms with Gasteiger partial charge in [0.15, 0.2) is 0 Å². The Labute approximate surface area is 202 Å². The average Bonchev–Trinajstić information content (AvgIpc) is 3.15. The minimum atomic E-state index is -0.500. The maximum absolute atomic E-state index is 13.8. The number of methoxy groups -OCH3 is 1. The molecule has 1 aliphatic rings. The Bertz CT molecular complexity index is 924. The minimum Gasteiger partial charge on any atom is -0.465 e. The molecule has 1 heterocycles. The van der Waals surface area contributed by atoms with Gasteiger partial charge in [-0.1, -0.05) is 18.8 Å². The van der Waals surface area contributed by atoms with Crippen LogP contribution in [0.4, 0.5) is 5.69 Å². The molecule has 0 aliphatic heterocycles. The van der Waals surface area contributed by atoms with E-state index in [1.54, 1.807) is 25.1 Å². The van der Waals surface area contributed by atoms with Crippen LogP contribution in [0.25, 0.3) is 0 Å². The number of esters is 1. The highest BCUT2D eigenvalue weighted by atomic mass is 32.1. The van der Waals surface area contributed by atoms with Crippen LogP contribution in [0.5, 0.6) is 0 Å². The second-order valence-corrected chi connectivity index (χ2v) is 11.4. The van der Waals surface area contributed by atoms with Gasteiger partial charge >= 0.3 is 5.97 Å². The number of rotatable bonds is 6. The summed E-state index contributed by atoms with van der Waals surface area (Å²) >= 11 is 1.23. The molecule has 1 atom stereocenters. The van der Waals surface area contributed by atoms with E-state index in [-0.39, 0.29) is 29.6 Å². The fraction of sp³-hybridized carbons (Fsp3) is 0.654. The van der Waals surface area contributed by atoms with Crippen molar-refractivity contribution in [3.63, 3.8) is 0 Å². The average molecular weight is 475 g/mol. The van der Waals surface area contributed by atoms with Crippen molar-refractivity contribution in [2.45, 2.75) is 72.8 Å². The molecule has 0 unspecified atom stereocenters. The molecule has 1 aromatic rings. The van der Waals surface area contributed by atoms with Gasteiger partial charge < -0.3 is 14.5 Å². The molecule has 0 aromatic carbocycles. The summed E-state index contributed by atoms with van der Waals surface area (Å²) in [6, 6.07) is 1.39. The summed E-state index contributed by atoms with van der Waals surface area (Å²) in [5, 5.41) is 0. The Morgan fingerprint density at radius 1 is 1.18 bits per heavy atom.